The number of nitrogens with zero attached hydrogens (tertiary/aromatic N) is 1. The van der Waals surface area contributed by atoms with E-state index in [1.807, 2.05) is 0 Å². The van der Waals surface area contributed by atoms with Gasteiger partial charge in [-0.2, -0.15) is 4.31 Å². The van der Waals surface area contributed by atoms with Crippen LogP contribution in [0.1, 0.15) is 10.4 Å². The van der Waals surface area contributed by atoms with Gasteiger partial charge in [-0.3, -0.25) is 4.79 Å². The van der Waals surface area contributed by atoms with Crippen molar-refractivity contribution in [3.05, 3.63) is 47.0 Å². The summed E-state index contributed by atoms with van der Waals surface area (Å²) in [7, 11) is -3.66. The number of ketones is 1. The molecule has 0 saturated carbocycles. The summed E-state index contributed by atoms with van der Waals surface area (Å²) >= 11 is 6.22. The molecule has 30 heavy (non-hydrogen) atoms. The minimum atomic E-state index is -3.66. The molecular formula is C20H20ClNO7S. The van der Waals surface area contributed by atoms with Gasteiger partial charge in [0.25, 0.3) is 0 Å². The molecule has 0 unspecified atom stereocenters. The fourth-order valence-corrected chi connectivity index (χ4v) is 4.87. The maximum atomic E-state index is 12.7. The van der Waals surface area contributed by atoms with Crippen LogP contribution in [-0.2, 0) is 14.8 Å². The molecule has 0 N–H and O–H groups in total. The average Bonchev–Trinajstić information content (AvgIpc) is 2.78. The fraction of sp³-hybridized carbons (Fsp3) is 0.350. The lowest BCUT2D eigenvalue weighted by molar-refractivity contribution is 0.0730. The maximum absolute atomic E-state index is 12.7. The standard InChI is InChI=1S/C20H20ClNO7S/c21-16-12-15(30(24,25)22-5-7-26-8-6-22)2-4-18(16)29-13-17(23)14-1-3-19-20(11-14)28-10-9-27-19/h1-4,11-12H,5-10,13H2. The number of rotatable bonds is 6. The van der Waals surface area contributed by atoms with E-state index in [2.05, 4.69) is 0 Å². The summed E-state index contributed by atoms with van der Waals surface area (Å²) in [4.78, 5) is 12.5. The normalized spacial score (nSPS) is 16.8. The van der Waals surface area contributed by atoms with E-state index in [1.54, 1.807) is 18.2 Å². The topological polar surface area (TPSA) is 91.4 Å². The zero-order chi connectivity index (χ0) is 21.1. The zero-order valence-corrected chi connectivity index (χ0v) is 17.6. The highest BCUT2D eigenvalue weighted by Gasteiger charge is 2.27. The number of hydrogen-bond acceptors (Lipinski definition) is 7. The van der Waals surface area contributed by atoms with E-state index in [-0.39, 0.29) is 28.1 Å². The van der Waals surface area contributed by atoms with Gasteiger partial charge in [0.05, 0.1) is 23.1 Å². The summed E-state index contributed by atoms with van der Waals surface area (Å²) in [6.07, 6.45) is 0. The Kier molecular flexibility index (Phi) is 6.14. The van der Waals surface area contributed by atoms with Crippen LogP contribution in [0.4, 0.5) is 0 Å². The van der Waals surface area contributed by atoms with Gasteiger partial charge in [0.15, 0.2) is 23.9 Å². The number of benzene rings is 2. The molecule has 4 rings (SSSR count). The Hall–Kier alpha value is -2.33. The first-order chi connectivity index (χ1) is 14.4. The number of morpholine rings is 1. The van der Waals surface area contributed by atoms with Crippen LogP contribution >= 0.6 is 11.6 Å². The summed E-state index contributed by atoms with van der Waals surface area (Å²) in [6.45, 7) is 1.95. The molecule has 0 aromatic heterocycles. The number of Topliss-reactive ketones (excluding diaryl/α,β-unsaturated/α-hetero) is 1. The molecule has 1 saturated heterocycles. The molecule has 2 heterocycles. The Morgan fingerprint density at radius 3 is 2.47 bits per heavy atom. The van der Waals surface area contributed by atoms with E-state index in [0.29, 0.717) is 56.6 Å². The highest BCUT2D eigenvalue weighted by molar-refractivity contribution is 7.89. The highest BCUT2D eigenvalue weighted by Crippen LogP contribution is 2.32. The third kappa shape index (κ3) is 4.39. The second-order valence-corrected chi connectivity index (χ2v) is 9.02. The predicted octanol–water partition coefficient (Wildman–Crippen LogP) is 2.39. The molecule has 2 aliphatic heterocycles. The lowest BCUT2D eigenvalue weighted by Gasteiger charge is -2.26. The monoisotopic (exact) mass is 453 g/mol. The van der Waals surface area contributed by atoms with E-state index < -0.39 is 10.0 Å². The molecule has 10 heteroatoms. The van der Waals surface area contributed by atoms with Crippen LogP contribution in [-0.4, -0.2) is 64.6 Å². The number of carbonyl (C=O) groups is 1. The van der Waals surface area contributed by atoms with E-state index in [1.165, 1.54) is 22.5 Å². The third-order valence-electron chi connectivity index (χ3n) is 4.73. The first-order valence-corrected chi connectivity index (χ1v) is 11.2. The minimum absolute atomic E-state index is 0.0694. The van der Waals surface area contributed by atoms with Crippen molar-refractivity contribution < 1.29 is 32.2 Å². The third-order valence-corrected chi connectivity index (χ3v) is 6.92. The van der Waals surface area contributed by atoms with Crippen molar-refractivity contribution in [3.63, 3.8) is 0 Å². The molecule has 1 fully saturated rings. The van der Waals surface area contributed by atoms with E-state index in [9.17, 15) is 13.2 Å². The number of halogens is 1. The Bertz CT molecular complexity index is 1050. The quantitative estimate of drug-likeness (QED) is 0.620. The number of hydrogen-bond donors (Lipinski definition) is 0. The molecule has 0 atom stereocenters. The Balaban J connectivity index is 1.43. The van der Waals surface area contributed by atoms with Gasteiger partial charge < -0.3 is 18.9 Å². The van der Waals surface area contributed by atoms with Crippen LogP contribution < -0.4 is 14.2 Å². The molecule has 8 nitrogen and oxygen atoms in total. The first-order valence-electron chi connectivity index (χ1n) is 9.38. The van der Waals surface area contributed by atoms with Crippen LogP contribution in [0.2, 0.25) is 5.02 Å². The summed E-state index contributed by atoms with van der Waals surface area (Å²) in [5.74, 6) is 1.07. The van der Waals surface area contributed by atoms with Gasteiger partial charge in [-0.25, -0.2) is 8.42 Å². The van der Waals surface area contributed by atoms with Gasteiger partial charge in [-0.15, -0.1) is 0 Å². The van der Waals surface area contributed by atoms with E-state index >= 15 is 0 Å². The van der Waals surface area contributed by atoms with Gasteiger partial charge in [-0.05, 0) is 36.4 Å². The maximum Gasteiger partial charge on any atom is 0.243 e. The summed E-state index contributed by atoms with van der Waals surface area (Å²) in [6, 6.07) is 9.13. The zero-order valence-electron chi connectivity index (χ0n) is 16.0. The Morgan fingerprint density at radius 1 is 1.00 bits per heavy atom. The van der Waals surface area contributed by atoms with Crippen molar-refractivity contribution in [2.45, 2.75) is 4.90 Å². The van der Waals surface area contributed by atoms with Crippen molar-refractivity contribution >= 4 is 27.4 Å². The van der Waals surface area contributed by atoms with Crippen LogP contribution in [0.25, 0.3) is 0 Å². The number of ether oxygens (including phenoxy) is 4. The number of fused-ring (bicyclic) bond motifs is 1. The molecule has 0 amide bonds. The summed E-state index contributed by atoms with van der Waals surface area (Å²) in [5, 5.41) is 0.110. The van der Waals surface area contributed by atoms with Crippen molar-refractivity contribution in [1.82, 2.24) is 4.31 Å². The largest absolute Gasteiger partial charge is 0.486 e. The van der Waals surface area contributed by atoms with Crippen molar-refractivity contribution in [2.75, 3.05) is 46.1 Å². The second-order valence-electron chi connectivity index (χ2n) is 6.68. The molecule has 0 radical (unpaired) electrons. The minimum Gasteiger partial charge on any atom is -0.486 e. The molecule has 2 aromatic rings. The van der Waals surface area contributed by atoms with Gasteiger partial charge in [0, 0.05) is 18.7 Å². The highest BCUT2D eigenvalue weighted by atomic mass is 35.5. The van der Waals surface area contributed by atoms with Crippen LogP contribution in [0.5, 0.6) is 17.2 Å². The van der Waals surface area contributed by atoms with Crippen molar-refractivity contribution in [3.8, 4) is 17.2 Å². The van der Waals surface area contributed by atoms with Gasteiger partial charge in [-0.1, -0.05) is 11.6 Å². The predicted molar refractivity (Wildman–Crippen MR) is 108 cm³/mol. The van der Waals surface area contributed by atoms with Crippen LogP contribution in [0, 0.1) is 0 Å². The summed E-state index contributed by atoms with van der Waals surface area (Å²) < 4.78 is 48.4. The summed E-state index contributed by atoms with van der Waals surface area (Å²) in [5.41, 5.74) is 0.418. The van der Waals surface area contributed by atoms with Crippen LogP contribution in [0.15, 0.2) is 41.3 Å². The SMILES string of the molecule is O=C(COc1ccc(S(=O)(=O)N2CCOCC2)cc1Cl)c1ccc2c(c1)OCCO2. The average molecular weight is 454 g/mol. The number of carbonyl (C=O) groups excluding carboxylic acids is 1. The molecular weight excluding hydrogens is 434 g/mol. The fourth-order valence-electron chi connectivity index (χ4n) is 3.14. The van der Waals surface area contributed by atoms with Gasteiger partial charge in [0.2, 0.25) is 10.0 Å². The first kappa shape index (κ1) is 20.9. The van der Waals surface area contributed by atoms with Gasteiger partial charge >= 0.3 is 0 Å². The lowest BCUT2D eigenvalue weighted by Crippen LogP contribution is -2.40. The molecule has 160 valence electrons. The molecule has 2 aliphatic rings. The number of sulfonamides is 1. The van der Waals surface area contributed by atoms with Crippen molar-refractivity contribution in [2.24, 2.45) is 0 Å². The van der Waals surface area contributed by atoms with Crippen LogP contribution in [0.3, 0.4) is 0 Å². The molecule has 0 bridgehead atoms. The Labute approximate surface area is 179 Å². The Morgan fingerprint density at radius 2 is 1.73 bits per heavy atom. The smallest absolute Gasteiger partial charge is 0.243 e. The van der Waals surface area contributed by atoms with E-state index in [4.69, 9.17) is 30.5 Å². The van der Waals surface area contributed by atoms with E-state index in [0.717, 1.165) is 0 Å². The molecule has 2 aromatic carbocycles. The van der Waals surface area contributed by atoms with Gasteiger partial charge in [0.1, 0.15) is 19.0 Å². The van der Waals surface area contributed by atoms with Crippen molar-refractivity contribution in [1.29, 1.82) is 0 Å². The molecule has 0 spiro atoms. The lowest BCUT2D eigenvalue weighted by atomic mass is 10.1. The molecule has 0 aliphatic carbocycles. The second kappa shape index (κ2) is 8.81.